The molecule has 2 aliphatic heterocycles. The highest BCUT2D eigenvalue weighted by molar-refractivity contribution is 5.28. The van der Waals surface area contributed by atoms with Crippen LogP contribution in [0.4, 0.5) is 0 Å². The first kappa shape index (κ1) is 17.2. The second-order valence-electron chi connectivity index (χ2n) is 7.08. The maximum absolute atomic E-state index is 10.5. The maximum atomic E-state index is 10.5. The molecule has 2 heterocycles. The third-order valence-electron chi connectivity index (χ3n) is 4.89. The van der Waals surface area contributed by atoms with Crippen molar-refractivity contribution in [1.82, 2.24) is 4.90 Å². The Hall–Kier alpha value is -1.65. The molecule has 24 heavy (non-hydrogen) atoms. The van der Waals surface area contributed by atoms with Crippen LogP contribution in [0.3, 0.4) is 0 Å². The highest BCUT2D eigenvalue weighted by Gasteiger charge is 2.59. The van der Waals surface area contributed by atoms with Gasteiger partial charge in [0.1, 0.15) is 23.5 Å². The highest BCUT2D eigenvalue weighted by atomic mass is 16.8. The maximum Gasteiger partial charge on any atom is 0.164 e. The van der Waals surface area contributed by atoms with Crippen LogP contribution in [0.25, 0.3) is 0 Å². The van der Waals surface area contributed by atoms with Crippen molar-refractivity contribution >= 4 is 0 Å². The number of nitriles is 1. The Morgan fingerprint density at radius 1 is 1.29 bits per heavy atom. The molecule has 0 amide bonds. The molecule has 0 spiro atoms. The Morgan fingerprint density at radius 2 is 1.96 bits per heavy atom. The monoisotopic (exact) mass is 332 g/mol. The van der Waals surface area contributed by atoms with E-state index in [-0.39, 0.29) is 0 Å². The van der Waals surface area contributed by atoms with E-state index in [2.05, 4.69) is 6.07 Å². The fourth-order valence-electron chi connectivity index (χ4n) is 3.52. The van der Waals surface area contributed by atoms with Crippen molar-refractivity contribution in [3.63, 3.8) is 0 Å². The molecule has 4 atom stereocenters. The largest absolute Gasteiger partial charge is 0.497 e. The molecular weight excluding hydrogens is 308 g/mol. The topological polar surface area (TPSA) is 75.0 Å². The number of β-amino-alcohol motifs (C(OH)–C–C–N with tert-alkyl or cyclic N) is 1. The molecule has 2 aliphatic rings. The average molecular weight is 332 g/mol. The van der Waals surface area contributed by atoms with E-state index in [1.807, 2.05) is 49.9 Å². The Labute approximate surface area is 142 Å². The van der Waals surface area contributed by atoms with Crippen LogP contribution in [0.2, 0.25) is 0 Å². The molecule has 6 heteroatoms. The Morgan fingerprint density at radius 3 is 2.54 bits per heavy atom. The lowest BCUT2D eigenvalue weighted by atomic mass is 9.83. The summed E-state index contributed by atoms with van der Waals surface area (Å²) in [5, 5.41) is 20.3. The number of hydrogen-bond donors (Lipinski definition) is 1. The number of methoxy groups -OCH3 is 1. The van der Waals surface area contributed by atoms with Gasteiger partial charge in [-0.05, 0) is 38.5 Å². The SMILES string of the molecule is COc1ccc(CN2C[C@@H](O)[C@H]3OC(C)(C)O[C@H]3[C@@]2(C)C#N)cc1. The lowest BCUT2D eigenvalue weighted by Crippen LogP contribution is -2.66. The fourth-order valence-corrected chi connectivity index (χ4v) is 3.52. The first-order chi connectivity index (χ1) is 11.3. The molecule has 0 aromatic heterocycles. The van der Waals surface area contributed by atoms with Crippen LogP contribution in [0, 0.1) is 11.3 Å². The highest BCUT2D eigenvalue weighted by Crippen LogP contribution is 2.42. The van der Waals surface area contributed by atoms with Gasteiger partial charge in [0.2, 0.25) is 0 Å². The van der Waals surface area contributed by atoms with Gasteiger partial charge in [0, 0.05) is 13.1 Å². The van der Waals surface area contributed by atoms with Crippen LogP contribution in [-0.2, 0) is 16.0 Å². The van der Waals surface area contributed by atoms with Gasteiger partial charge in [-0.2, -0.15) is 5.26 Å². The van der Waals surface area contributed by atoms with Crippen molar-refractivity contribution in [2.24, 2.45) is 0 Å². The Balaban J connectivity index is 1.86. The summed E-state index contributed by atoms with van der Waals surface area (Å²) in [4.78, 5) is 1.96. The summed E-state index contributed by atoms with van der Waals surface area (Å²) in [5.74, 6) is -0.0142. The van der Waals surface area contributed by atoms with Crippen molar-refractivity contribution in [3.8, 4) is 11.8 Å². The number of benzene rings is 1. The van der Waals surface area contributed by atoms with Crippen molar-refractivity contribution in [3.05, 3.63) is 29.8 Å². The normalized spacial score (nSPS) is 35.2. The first-order valence-corrected chi connectivity index (χ1v) is 8.12. The summed E-state index contributed by atoms with van der Waals surface area (Å²) in [7, 11) is 1.63. The first-order valence-electron chi connectivity index (χ1n) is 8.12. The molecule has 0 radical (unpaired) electrons. The number of piperidine rings is 1. The summed E-state index contributed by atoms with van der Waals surface area (Å²) in [5.41, 5.74) is 0.165. The summed E-state index contributed by atoms with van der Waals surface area (Å²) < 4.78 is 17.0. The molecule has 2 saturated heterocycles. The van der Waals surface area contributed by atoms with Gasteiger partial charge in [0.25, 0.3) is 0 Å². The summed E-state index contributed by atoms with van der Waals surface area (Å²) in [6.07, 6.45) is -1.69. The number of nitrogens with zero attached hydrogens (tertiary/aromatic N) is 2. The van der Waals surface area contributed by atoms with E-state index in [1.54, 1.807) is 7.11 Å². The molecule has 3 rings (SSSR count). The minimum atomic E-state index is -0.877. The van der Waals surface area contributed by atoms with Gasteiger partial charge in [-0.25, -0.2) is 0 Å². The van der Waals surface area contributed by atoms with Crippen molar-refractivity contribution in [1.29, 1.82) is 5.26 Å². The molecule has 130 valence electrons. The summed E-state index contributed by atoms with van der Waals surface area (Å²) in [6, 6.07) is 10.1. The van der Waals surface area contributed by atoms with Crippen LogP contribution in [0.1, 0.15) is 26.3 Å². The summed E-state index contributed by atoms with van der Waals surface area (Å²) in [6.45, 7) is 6.37. The molecular formula is C18H24N2O4. The third-order valence-corrected chi connectivity index (χ3v) is 4.89. The molecule has 0 bridgehead atoms. The second-order valence-corrected chi connectivity index (χ2v) is 7.08. The molecule has 1 N–H and O–H groups in total. The van der Waals surface area contributed by atoms with Gasteiger partial charge < -0.3 is 19.3 Å². The molecule has 1 aromatic rings. The number of aliphatic hydroxyl groups is 1. The molecule has 6 nitrogen and oxygen atoms in total. The molecule has 0 unspecified atom stereocenters. The van der Waals surface area contributed by atoms with E-state index in [0.717, 1.165) is 11.3 Å². The average Bonchev–Trinajstić information content (AvgIpc) is 2.90. The predicted octanol–water partition coefficient (Wildman–Crippen LogP) is 1.67. The Kier molecular flexibility index (Phi) is 4.30. The quantitative estimate of drug-likeness (QED) is 0.908. The minimum Gasteiger partial charge on any atom is -0.497 e. The van der Waals surface area contributed by atoms with Crippen molar-refractivity contribution < 1.29 is 19.3 Å². The minimum absolute atomic E-state index is 0.358. The standard InChI is InChI=1S/C18H24N2O4/c1-17(2)23-15-14(21)10-20(18(3,11-19)16(15)24-17)9-12-5-7-13(22-4)8-6-12/h5-8,14-16,21H,9-10H2,1-4H3/t14-,15-,16-,18-/m1/s1. The van der Waals surface area contributed by atoms with Gasteiger partial charge in [0.15, 0.2) is 5.79 Å². The molecule has 0 aliphatic carbocycles. The lowest BCUT2D eigenvalue weighted by Gasteiger charge is -2.47. The van der Waals surface area contributed by atoms with Crippen LogP contribution in [0.15, 0.2) is 24.3 Å². The van der Waals surface area contributed by atoms with Crippen LogP contribution >= 0.6 is 0 Å². The molecule has 1 aromatic carbocycles. The fraction of sp³-hybridized carbons (Fsp3) is 0.611. The zero-order chi connectivity index (χ0) is 17.5. The zero-order valence-corrected chi connectivity index (χ0v) is 14.5. The van der Waals surface area contributed by atoms with Gasteiger partial charge in [-0.15, -0.1) is 0 Å². The predicted molar refractivity (Wildman–Crippen MR) is 87.3 cm³/mol. The summed E-state index contributed by atoms with van der Waals surface area (Å²) >= 11 is 0. The zero-order valence-electron chi connectivity index (χ0n) is 14.5. The van der Waals surface area contributed by atoms with Gasteiger partial charge in [-0.3, -0.25) is 4.90 Å². The number of hydrogen-bond acceptors (Lipinski definition) is 6. The molecule has 2 fully saturated rings. The van der Waals surface area contributed by atoms with E-state index in [9.17, 15) is 10.4 Å². The van der Waals surface area contributed by atoms with E-state index < -0.39 is 29.6 Å². The van der Waals surface area contributed by atoms with Gasteiger partial charge in [-0.1, -0.05) is 12.1 Å². The smallest absolute Gasteiger partial charge is 0.164 e. The lowest BCUT2D eigenvalue weighted by molar-refractivity contribution is -0.154. The number of likely N-dealkylation sites (tertiary alicyclic amines) is 1. The molecule has 0 saturated carbocycles. The van der Waals surface area contributed by atoms with Crippen LogP contribution < -0.4 is 4.74 Å². The van der Waals surface area contributed by atoms with Gasteiger partial charge >= 0.3 is 0 Å². The second kappa shape index (κ2) is 6.01. The number of rotatable bonds is 3. The number of aliphatic hydroxyl groups excluding tert-OH is 1. The van der Waals surface area contributed by atoms with Crippen LogP contribution in [-0.4, -0.2) is 53.3 Å². The van der Waals surface area contributed by atoms with E-state index in [1.165, 1.54) is 0 Å². The number of fused-ring (bicyclic) bond motifs is 1. The van der Waals surface area contributed by atoms with E-state index in [4.69, 9.17) is 14.2 Å². The van der Waals surface area contributed by atoms with Crippen molar-refractivity contribution in [2.45, 2.75) is 57.0 Å². The van der Waals surface area contributed by atoms with E-state index in [0.29, 0.717) is 13.1 Å². The van der Waals surface area contributed by atoms with E-state index >= 15 is 0 Å². The van der Waals surface area contributed by atoms with Crippen molar-refractivity contribution in [2.75, 3.05) is 13.7 Å². The van der Waals surface area contributed by atoms with Gasteiger partial charge in [0.05, 0.1) is 19.3 Å². The van der Waals surface area contributed by atoms with Crippen LogP contribution in [0.5, 0.6) is 5.75 Å². The Bertz CT molecular complexity index is 639. The third kappa shape index (κ3) is 2.89. The number of ether oxygens (including phenoxy) is 3.